The summed E-state index contributed by atoms with van der Waals surface area (Å²) in [4.78, 5) is 14.6. The second-order valence-electron chi connectivity index (χ2n) is 5.53. The van der Waals surface area contributed by atoms with Gasteiger partial charge in [-0.1, -0.05) is 20.8 Å². The molecule has 1 N–H and O–H groups in total. The van der Waals surface area contributed by atoms with Gasteiger partial charge in [0, 0.05) is 11.3 Å². The number of thioether (sulfide) groups is 1. The minimum Gasteiger partial charge on any atom is -0.324 e. The molecule has 1 heterocycles. The highest BCUT2D eigenvalue weighted by atomic mass is 32.2. The number of hydrogen-bond acceptors (Lipinski definition) is 3. The molecular weight excluding hydrogens is 244 g/mol. The Morgan fingerprint density at radius 1 is 1.39 bits per heavy atom. The van der Waals surface area contributed by atoms with Crippen LogP contribution in [0, 0.1) is 0 Å². The predicted molar refractivity (Wildman–Crippen MR) is 79.8 cm³/mol. The molecule has 1 fully saturated rings. The molecule has 2 unspecified atom stereocenters. The lowest BCUT2D eigenvalue weighted by Crippen LogP contribution is -2.46. The molecule has 0 radical (unpaired) electrons. The summed E-state index contributed by atoms with van der Waals surface area (Å²) >= 11 is 1.89. The summed E-state index contributed by atoms with van der Waals surface area (Å²) in [5.41, 5.74) is -0.370. The molecule has 0 aliphatic carbocycles. The molecule has 0 saturated carbocycles. The second kappa shape index (κ2) is 5.83. The number of nitrogens with one attached hydrogen (secondary N) is 1. The average molecular weight is 272 g/mol. The Balaban J connectivity index is 2.88. The molecule has 1 amide bonds. The van der Waals surface area contributed by atoms with Crippen LogP contribution in [0.4, 0.5) is 0 Å². The van der Waals surface area contributed by atoms with E-state index in [0.717, 1.165) is 25.8 Å². The summed E-state index contributed by atoms with van der Waals surface area (Å²) in [7, 11) is 0. The summed E-state index contributed by atoms with van der Waals surface area (Å²) < 4.78 is 0.199. The largest absolute Gasteiger partial charge is 0.324 e. The quantitative estimate of drug-likeness (QED) is 0.807. The van der Waals surface area contributed by atoms with Crippen LogP contribution in [0.5, 0.6) is 0 Å². The van der Waals surface area contributed by atoms with E-state index in [1.54, 1.807) is 0 Å². The van der Waals surface area contributed by atoms with Gasteiger partial charge in [0.05, 0.1) is 11.7 Å². The zero-order valence-electron chi connectivity index (χ0n) is 12.7. The molecular formula is C14H28N2OS. The maximum absolute atomic E-state index is 12.5. The monoisotopic (exact) mass is 272 g/mol. The Hall–Kier alpha value is -0.220. The van der Waals surface area contributed by atoms with Crippen molar-refractivity contribution in [1.29, 1.82) is 0 Å². The molecule has 2 atom stereocenters. The fourth-order valence-electron chi connectivity index (χ4n) is 2.69. The van der Waals surface area contributed by atoms with Crippen molar-refractivity contribution in [3.8, 4) is 0 Å². The van der Waals surface area contributed by atoms with Crippen LogP contribution in [-0.2, 0) is 4.79 Å². The van der Waals surface area contributed by atoms with Crippen LogP contribution in [0.3, 0.4) is 0 Å². The topological polar surface area (TPSA) is 32.3 Å². The van der Waals surface area contributed by atoms with Crippen molar-refractivity contribution in [2.75, 3.05) is 12.8 Å². The first-order valence-electron chi connectivity index (χ1n) is 7.02. The maximum atomic E-state index is 12.5. The van der Waals surface area contributed by atoms with Crippen molar-refractivity contribution in [3.63, 3.8) is 0 Å². The number of carbonyl (C=O) groups is 1. The van der Waals surface area contributed by atoms with Crippen LogP contribution < -0.4 is 5.32 Å². The summed E-state index contributed by atoms with van der Waals surface area (Å²) in [6, 6.07) is 0. The Bertz CT molecular complexity index is 296. The molecule has 1 rings (SSSR count). The van der Waals surface area contributed by atoms with Crippen LogP contribution in [-0.4, -0.2) is 40.1 Å². The second-order valence-corrected chi connectivity index (χ2v) is 6.81. The van der Waals surface area contributed by atoms with Gasteiger partial charge in [-0.3, -0.25) is 10.1 Å². The van der Waals surface area contributed by atoms with Crippen molar-refractivity contribution in [2.45, 2.75) is 70.3 Å². The number of carbonyl (C=O) groups excluding carboxylic acids is 1. The van der Waals surface area contributed by atoms with Crippen molar-refractivity contribution in [3.05, 3.63) is 0 Å². The van der Waals surface area contributed by atoms with Crippen LogP contribution in [0.25, 0.3) is 0 Å². The van der Waals surface area contributed by atoms with E-state index in [-0.39, 0.29) is 22.4 Å². The SMILES string of the molecule is CCC(CC)(CN1C(=O)C(C)(CC)NC1C)SC. The van der Waals surface area contributed by atoms with Gasteiger partial charge in [-0.25, -0.2) is 0 Å². The molecule has 4 heteroatoms. The molecule has 1 aliphatic heterocycles. The minimum absolute atomic E-state index is 0.145. The minimum atomic E-state index is -0.370. The molecule has 1 aliphatic rings. The lowest BCUT2D eigenvalue weighted by atomic mass is 9.97. The highest BCUT2D eigenvalue weighted by Crippen LogP contribution is 2.34. The van der Waals surface area contributed by atoms with Crippen LogP contribution in [0.15, 0.2) is 0 Å². The molecule has 0 bridgehead atoms. The third-order valence-electron chi connectivity index (χ3n) is 4.62. The first-order chi connectivity index (χ1) is 8.38. The van der Waals surface area contributed by atoms with Gasteiger partial charge in [-0.2, -0.15) is 11.8 Å². The fraction of sp³-hybridized carbons (Fsp3) is 0.929. The fourth-order valence-corrected chi connectivity index (χ4v) is 3.54. The zero-order chi connectivity index (χ0) is 14.0. The van der Waals surface area contributed by atoms with Crippen molar-refractivity contribution in [2.24, 2.45) is 0 Å². The van der Waals surface area contributed by atoms with Gasteiger partial charge < -0.3 is 4.90 Å². The Morgan fingerprint density at radius 3 is 2.28 bits per heavy atom. The van der Waals surface area contributed by atoms with Crippen molar-refractivity contribution < 1.29 is 4.79 Å². The molecule has 0 aromatic carbocycles. The molecule has 18 heavy (non-hydrogen) atoms. The first kappa shape index (κ1) is 15.8. The van der Waals surface area contributed by atoms with Gasteiger partial charge in [0.2, 0.25) is 5.91 Å². The van der Waals surface area contributed by atoms with Gasteiger partial charge in [-0.05, 0) is 39.4 Å². The van der Waals surface area contributed by atoms with Gasteiger partial charge in [0.25, 0.3) is 0 Å². The molecule has 1 saturated heterocycles. The van der Waals surface area contributed by atoms with E-state index in [9.17, 15) is 4.79 Å². The summed E-state index contributed by atoms with van der Waals surface area (Å²) in [6.45, 7) is 11.5. The van der Waals surface area contributed by atoms with Crippen LogP contribution in [0.1, 0.15) is 53.9 Å². The molecule has 0 aromatic rings. The van der Waals surface area contributed by atoms with E-state index in [4.69, 9.17) is 0 Å². The number of rotatable bonds is 6. The third kappa shape index (κ3) is 2.69. The normalized spacial score (nSPS) is 29.1. The summed E-state index contributed by atoms with van der Waals surface area (Å²) in [5, 5.41) is 3.44. The van der Waals surface area contributed by atoms with E-state index in [0.29, 0.717) is 0 Å². The highest BCUT2D eigenvalue weighted by molar-refractivity contribution is 8.00. The maximum Gasteiger partial charge on any atom is 0.243 e. The molecule has 0 aromatic heterocycles. The van der Waals surface area contributed by atoms with Crippen molar-refractivity contribution >= 4 is 17.7 Å². The smallest absolute Gasteiger partial charge is 0.243 e. The van der Waals surface area contributed by atoms with Gasteiger partial charge in [-0.15, -0.1) is 0 Å². The lowest BCUT2D eigenvalue weighted by Gasteiger charge is -2.36. The summed E-state index contributed by atoms with van der Waals surface area (Å²) in [6.07, 6.45) is 5.35. The van der Waals surface area contributed by atoms with Crippen molar-refractivity contribution in [1.82, 2.24) is 10.2 Å². The van der Waals surface area contributed by atoms with Crippen LogP contribution in [0.2, 0.25) is 0 Å². The highest BCUT2D eigenvalue weighted by Gasteiger charge is 2.46. The average Bonchev–Trinajstić information content (AvgIpc) is 2.60. The van der Waals surface area contributed by atoms with Gasteiger partial charge >= 0.3 is 0 Å². The standard InChI is InChI=1S/C14H28N2OS/c1-7-13(5)12(17)16(11(4)15-13)10-14(8-2,9-3)18-6/h11,15H,7-10H2,1-6H3. The first-order valence-corrected chi connectivity index (χ1v) is 8.24. The molecule has 3 nitrogen and oxygen atoms in total. The Morgan fingerprint density at radius 2 is 1.94 bits per heavy atom. The lowest BCUT2D eigenvalue weighted by molar-refractivity contribution is -0.133. The van der Waals surface area contributed by atoms with Gasteiger partial charge in [0.15, 0.2) is 0 Å². The van der Waals surface area contributed by atoms with E-state index in [1.807, 2.05) is 23.6 Å². The predicted octanol–water partition coefficient (Wildman–Crippen LogP) is 2.85. The zero-order valence-corrected chi connectivity index (χ0v) is 13.5. The van der Waals surface area contributed by atoms with E-state index < -0.39 is 0 Å². The van der Waals surface area contributed by atoms with Crippen LogP contribution >= 0.6 is 11.8 Å². The summed E-state index contributed by atoms with van der Waals surface area (Å²) in [5.74, 6) is 0.262. The molecule has 0 spiro atoms. The van der Waals surface area contributed by atoms with E-state index in [2.05, 4.69) is 39.3 Å². The number of nitrogens with zero attached hydrogens (tertiary/aromatic N) is 1. The Kier molecular flexibility index (Phi) is 5.13. The Labute approximate surface area is 116 Å². The number of amides is 1. The third-order valence-corrected chi connectivity index (χ3v) is 6.19. The van der Waals surface area contributed by atoms with Gasteiger partial charge in [0.1, 0.15) is 0 Å². The number of hydrogen-bond donors (Lipinski definition) is 1. The van der Waals surface area contributed by atoms with E-state index in [1.165, 1.54) is 0 Å². The van der Waals surface area contributed by atoms with E-state index >= 15 is 0 Å². The molecule has 106 valence electrons.